The molecule has 1 fully saturated rings. The fraction of sp³-hybridized carbons (Fsp3) is 0.600. The summed E-state index contributed by atoms with van der Waals surface area (Å²) < 4.78 is 12.9. The number of fused-ring (bicyclic) bond motifs is 1. The molecule has 160 valence electrons. The Morgan fingerprint density at radius 1 is 1.31 bits per heavy atom. The van der Waals surface area contributed by atoms with Crippen LogP contribution in [0, 0.1) is 5.92 Å². The number of rotatable bonds is 6. The van der Waals surface area contributed by atoms with Gasteiger partial charge in [-0.25, -0.2) is 0 Å². The van der Waals surface area contributed by atoms with Crippen molar-refractivity contribution in [3.8, 4) is 0 Å². The molecule has 3 aliphatic rings. The Labute approximate surface area is 175 Å². The molecule has 2 aliphatic heterocycles. The van der Waals surface area contributed by atoms with Gasteiger partial charge in [0.1, 0.15) is 0 Å². The van der Waals surface area contributed by atoms with Crippen LogP contribution in [0.15, 0.2) is 59.3 Å². The molecule has 0 saturated carbocycles. The van der Waals surface area contributed by atoms with E-state index in [-0.39, 0.29) is 24.7 Å². The third-order valence-electron chi connectivity index (χ3n) is 6.21. The molecular formula is C25H36O4. The van der Waals surface area contributed by atoms with E-state index in [2.05, 4.69) is 33.1 Å². The van der Waals surface area contributed by atoms with Crippen molar-refractivity contribution in [3.63, 3.8) is 0 Å². The summed E-state index contributed by atoms with van der Waals surface area (Å²) in [7, 11) is 0. The van der Waals surface area contributed by atoms with Gasteiger partial charge in [0, 0.05) is 12.3 Å². The van der Waals surface area contributed by atoms with Crippen molar-refractivity contribution in [2.75, 3.05) is 6.61 Å². The molecule has 2 heterocycles. The molecule has 1 saturated heterocycles. The van der Waals surface area contributed by atoms with E-state index in [4.69, 9.17) is 9.47 Å². The maximum Gasteiger partial charge on any atom is 0.193 e. The van der Waals surface area contributed by atoms with Crippen LogP contribution in [-0.2, 0) is 9.47 Å². The van der Waals surface area contributed by atoms with E-state index in [9.17, 15) is 10.2 Å². The molecule has 0 aromatic carbocycles. The maximum absolute atomic E-state index is 10.2. The number of hydrogen-bond donors (Lipinski definition) is 2. The zero-order valence-corrected chi connectivity index (χ0v) is 18.1. The highest BCUT2D eigenvalue weighted by Gasteiger charge is 2.47. The summed E-state index contributed by atoms with van der Waals surface area (Å²) >= 11 is 0. The zero-order valence-electron chi connectivity index (χ0n) is 18.1. The molecule has 0 aromatic heterocycles. The predicted molar refractivity (Wildman–Crippen MR) is 116 cm³/mol. The van der Waals surface area contributed by atoms with E-state index in [1.54, 1.807) is 0 Å². The van der Waals surface area contributed by atoms with Gasteiger partial charge in [-0.3, -0.25) is 0 Å². The van der Waals surface area contributed by atoms with Gasteiger partial charge in [0.25, 0.3) is 0 Å². The van der Waals surface area contributed by atoms with Gasteiger partial charge in [-0.15, -0.1) is 6.58 Å². The molecule has 4 nitrogen and oxygen atoms in total. The molecule has 1 spiro atoms. The molecule has 3 rings (SSSR count). The number of hydrogen-bond acceptors (Lipinski definition) is 4. The third kappa shape index (κ3) is 5.37. The first-order valence-corrected chi connectivity index (χ1v) is 10.7. The lowest BCUT2D eigenvalue weighted by molar-refractivity contribution is -0.258. The van der Waals surface area contributed by atoms with Crippen LogP contribution in [0.5, 0.6) is 0 Å². The van der Waals surface area contributed by atoms with Crippen molar-refractivity contribution in [1.29, 1.82) is 0 Å². The molecule has 4 heteroatoms. The highest BCUT2D eigenvalue weighted by Crippen LogP contribution is 2.45. The second-order valence-electron chi connectivity index (χ2n) is 9.15. The summed E-state index contributed by atoms with van der Waals surface area (Å²) in [6.07, 6.45) is 10.5. The average molecular weight is 401 g/mol. The van der Waals surface area contributed by atoms with Gasteiger partial charge in [0.05, 0.1) is 24.9 Å². The van der Waals surface area contributed by atoms with Crippen LogP contribution >= 0.6 is 0 Å². The number of allylic oxidation sites excluding steroid dienone is 2. The first-order valence-electron chi connectivity index (χ1n) is 10.7. The van der Waals surface area contributed by atoms with E-state index in [1.165, 1.54) is 11.1 Å². The van der Waals surface area contributed by atoms with E-state index in [0.29, 0.717) is 12.8 Å². The minimum absolute atomic E-state index is 0.0130. The number of aliphatic hydroxyl groups is 2. The number of ether oxygens (including phenoxy) is 2. The second-order valence-corrected chi connectivity index (χ2v) is 9.15. The van der Waals surface area contributed by atoms with Gasteiger partial charge >= 0.3 is 0 Å². The first-order chi connectivity index (χ1) is 13.7. The highest BCUT2D eigenvalue weighted by atomic mass is 16.7. The highest BCUT2D eigenvalue weighted by molar-refractivity contribution is 5.29. The molecule has 0 aromatic rings. The molecule has 0 amide bonds. The van der Waals surface area contributed by atoms with Crippen molar-refractivity contribution in [2.24, 2.45) is 5.92 Å². The average Bonchev–Trinajstić information content (AvgIpc) is 2.61. The SMILES string of the molecule is C=C(C)CCC/C(C)=C/[C@@H]1CC(=C)C[C@]2(C=C(CO)[C@H]3C[C@@H](O)C(C)=C[C@H]3O2)O1. The van der Waals surface area contributed by atoms with Crippen LogP contribution in [0.2, 0.25) is 0 Å². The van der Waals surface area contributed by atoms with Crippen LogP contribution in [0.1, 0.15) is 59.3 Å². The van der Waals surface area contributed by atoms with Gasteiger partial charge < -0.3 is 19.7 Å². The normalized spacial score (nSPS) is 35.2. The van der Waals surface area contributed by atoms with Gasteiger partial charge in [-0.1, -0.05) is 35.5 Å². The van der Waals surface area contributed by atoms with Crippen molar-refractivity contribution >= 4 is 0 Å². The third-order valence-corrected chi connectivity index (χ3v) is 6.21. The summed E-state index contributed by atoms with van der Waals surface area (Å²) in [6, 6.07) is 0. The summed E-state index contributed by atoms with van der Waals surface area (Å²) in [5.41, 5.74) is 5.42. The monoisotopic (exact) mass is 400 g/mol. The smallest absolute Gasteiger partial charge is 0.193 e. The Morgan fingerprint density at radius 2 is 2.07 bits per heavy atom. The van der Waals surface area contributed by atoms with E-state index in [0.717, 1.165) is 42.4 Å². The number of aliphatic hydroxyl groups excluding tert-OH is 2. The summed E-state index contributed by atoms with van der Waals surface area (Å²) in [6.45, 7) is 14.3. The molecule has 0 unspecified atom stereocenters. The fourth-order valence-corrected chi connectivity index (χ4v) is 4.70. The molecule has 5 atom stereocenters. The fourth-order valence-electron chi connectivity index (χ4n) is 4.70. The van der Waals surface area contributed by atoms with Crippen LogP contribution in [0.25, 0.3) is 0 Å². The van der Waals surface area contributed by atoms with Gasteiger partial charge in [-0.2, -0.15) is 0 Å². The van der Waals surface area contributed by atoms with Crippen LogP contribution in [0.3, 0.4) is 0 Å². The lowest BCUT2D eigenvalue weighted by Gasteiger charge is -2.48. The summed E-state index contributed by atoms with van der Waals surface area (Å²) in [5, 5.41) is 20.2. The van der Waals surface area contributed by atoms with Crippen LogP contribution in [0.4, 0.5) is 0 Å². The first kappa shape index (κ1) is 22.2. The van der Waals surface area contributed by atoms with Crippen molar-refractivity contribution in [2.45, 2.75) is 83.4 Å². The maximum atomic E-state index is 10.2. The quantitative estimate of drug-likeness (QED) is 0.632. The lowest BCUT2D eigenvalue weighted by atomic mass is 9.77. The molecule has 29 heavy (non-hydrogen) atoms. The van der Waals surface area contributed by atoms with Gasteiger partial charge in [0.2, 0.25) is 0 Å². The Kier molecular flexibility index (Phi) is 7.00. The van der Waals surface area contributed by atoms with Crippen molar-refractivity contribution in [3.05, 3.63) is 59.3 Å². The molecule has 2 N–H and O–H groups in total. The lowest BCUT2D eigenvalue weighted by Crippen LogP contribution is -2.51. The van der Waals surface area contributed by atoms with E-state index < -0.39 is 11.9 Å². The predicted octanol–water partition coefficient (Wildman–Crippen LogP) is 4.76. The minimum atomic E-state index is -0.896. The van der Waals surface area contributed by atoms with E-state index >= 15 is 0 Å². The van der Waals surface area contributed by atoms with Crippen molar-refractivity contribution < 1.29 is 19.7 Å². The van der Waals surface area contributed by atoms with Gasteiger partial charge in [-0.05, 0) is 70.1 Å². The Morgan fingerprint density at radius 3 is 2.76 bits per heavy atom. The van der Waals surface area contributed by atoms with Crippen LogP contribution < -0.4 is 0 Å². The Bertz CT molecular complexity index is 744. The molecule has 0 bridgehead atoms. The minimum Gasteiger partial charge on any atom is -0.392 e. The molecule has 1 aliphatic carbocycles. The Balaban J connectivity index is 1.79. The second kappa shape index (κ2) is 9.13. The summed E-state index contributed by atoms with van der Waals surface area (Å²) in [5.74, 6) is -0.909. The van der Waals surface area contributed by atoms with E-state index in [1.807, 2.05) is 19.1 Å². The standard InChI is InChI=1S/C25H36O4/c1-16(2)7-6-8-17(3)9-21-10-18(4)13-25(28-21)14-20(15-26)22-12-23(27)19(5)11-24(22)29-25/h9,11,14,21-24,26-27H,1,4,6-8,10,12-13,15H2,2-3,5H3/b17-9+/t21-,22-,23-,24-,25+/m1/s1. The van der Waals surface area contributed by atoms with Gasteiger partial charge in [0.15, 0.2) is 5.79 Å². The summed E-state index contributed by atoms with van der Waals surface area (Å²) in [4.78, 5) is 0. The van der Waals surface area contributed by atoms with Crippen LogP contribution in [-0.4, -0.2) is 40.9 Å². The van der Waals surface area contributed by atoms with Crippen molar-refractivity contribution in [1.82, 2.24) is 0 Å². The molecule has 0 radical (unpaired) electrons. The Hall–Kier alpha value is -1.46. The zero-order chi connectivity index (χ0) is 21.2. The largest absolute Gasteiger partial charge is 0.392 e. The topological polar surface area (TPSA) is 58.9 Å². The molecular weight excluding hydrogens is 364 g/mol.